The van der Waals surface area contributed by atoms with Gasteiger partial charge in [0.1, 0.15) is 0 Å². The Hall–Kier alpha value is -0.520. The minimum Gasteiger partial charge on any atom is -0.324 e. The molecule has 0 aliphatic rings. The summed E-state index contributed by atoms with van der Waals surface area (Å²) < 4.78 is 22.2. The average molecular weight is 309 g/mol. The van der Waals surface area contributed by atoms with E-state index in [1.54, 1.807) is 19.1 Å². The average Bonchev–Trinajstić information content (AvgIpc) is 2.26. The number of rotatable bonds is 6. The lowest BCUT2D eigenvalue weighted by Gasteiger charge is -2.22. The van der Waals surface area contributed by atoms with E-state index in [0.29, 0.717) is 0 Å². The van der Waals surface area contributed by atoms with Gasteiger partial charge in [-0.1, -0.05) is 30.3 Å². The standard InChI is InChI=1S/C10H17NO6P2/c1-8(9-5-3-2-4-6-9)11-7-10(18(12,13)14)19(15,16)17/h2-6,8,10-11H,7H2,1H3,(H2,12,13,14)(H2,15,16,17)/t8-/m1/s1. The highest BCUT2D eigenvalue weighted by Crippen LogP contribution is 2.59. The van der Waals surface area contributed by atoms with Crippen LogP contribution in [0.1, 0.15) is 18.5 Å². The lowest BCUT2D eigenvalue weighted by molar-refractivity contribution is 0.334. The van der Waals surface area contributed by atoms with Crippen LogP contribution in [0.4, 0.5) is 0 Å². The van der Waals surface area contributed by atoms with Crippen LogP contribution in [0.15, 0.2) is 30.3 Å². The zero-order valence-corrected chi connectivity index (χ0v) is 12.0. The highest BCUT2D eigenvalue weighted by molar-refractivity contribution is 7.70. The summed E-state index contributed by atoms with van der Waals surface area (Å²) in [6.07, 6.45) is 0. The first kappa shape index (κ1) is 16.5. The van der Waals surface area contributed by atoms with Crippen molar-refractivity contribution in [3.63, 3.8) is 0 Å². The summed E-state index contributed by atoms with van der Waals surface area (Å²) in [6.45, 7) is 1.27. The zero-order chi connectivity index (χ0) is 14.7. The third-order valence-corrected chi connectivity index (χ3v) is 6.41. The summed E-state index contributed by atoms with van der Waals surface area (Å²) in [5, 5.41) is 0.706. The highest BCUT2D eigenvalue weighted by atomic mass is 31.2. The Kier molecular flexibility index (Phi) is 5.47. The highest BCUT2D eigenvalue weighted by Gasteiger charge is 2.43. The molecular weight excluding hydrogens is 292 g/mol. The van der Waals surface area contributed by atoms with E-state index in [1.807, 2.05) is 18.2 Å². The van der Waals surface area contributed by atoms with Crippen molar-refractivity contribution in [2.24, 2.45) is 0 Å². The molecule has 19 heavy (non-hydrogen) atoms. The molecule has 0 heterocycles. The van der Waals surface area contributed by atoms with Crippen molar-refractivity contribution < 1.29 is 28.7 Å². The molecule has 108 valence electrons. The van der Waals surface area contributed by atoms with Crippen molar-refractivity contribution >= 4 is 15.2 Å². The third kappa shape index (κ3) is 5.16. The Morgan fingerprint density at radius 3 is 1.95 bits per heavy atom. The fourth-order valence-electron chi connectivity index (χ4n) is 1.58. The van der Waals surface area contributed by atoms with Crippen LogP contribution in [0.25, 0.3) is 0 Å². The van der Waals surface area contributed by atoms with Crippen molar-refractivity contribution in [3.8, 4) is 0 Å². The minimum absolute atomic E-state index is 0.276. The number of benzene rings is 1. The number of hydrogen-bond acceptors (Lipinski definition) is 3. The Morgan fingerprint density at radius 1 is 1.05 bits per heavy atom. The van der Waals surface area contributed by atoms with Gasteiger partial charge in [-0.2, -0.15) is 0 Å². The molecule has 0 unspecified atom stereocenters. The SMILES string of the molecule is C[C@@H](NCC(P(=O)(O)O)P(=O)(O)O)c1ccccc1. The van der Waals surface area contributed by atoms with E-state index in [1.165, 1.54) is 0 Å². The summed E-state index contributed by atoms with van der Waals surface area (Å²) in [5.74, 6) is 0. The molecule has 0 bridgehead atoms. The normalized spacial score (nSPS) is 14.6. The van der Waals surface area contributed by atoms with Crippen molar-refractivity contribution in [3.05, 3.63) is 35.9 Å². The van der Waals surface area contributed by atoms with Crippen LogP contribution >= 0.6 is 15.2 Å². The maximum atomic E-state index is 11.1. The van der Waals surface area contributed by atoms with Crippen molar-refractivity contribution in [2.75, 3.05) is 6.54 Å². The fraction of sp³-hybridized carbons (Fsp3) is 0.400. The lowest BCUT2D eigenvalue weighted by Crippen LogP contribution is -2.29. The predicted molar refractivity (Wildman–Crippen MR) is 70.7 cm³/mol. The summed E-state index contributed by atoms with van der Waals surface area (Å²) in [4.78, 5) is 35.9. The smallest absolute Gasteiger partial charge is 0.324 e. The molecule has 1 aromatic carbocycles. The van der Waals surface area contributed by atoms with Gasteiger partial charge in [0, 0.05) is 12.6 Å². The molecule has 0 radical (unpaired) electrons. The van der Waals surface area contributed by atoms with E-state index < -0.39 is 27.1 Å². The Balaban J connectivity index is 2.74. The van der Waals surface area contributed by atoms with Crippen molar-refractivity contribution in [2.45, 2.75) is 18.4 Å². The molecule has 9 heteroatoms. The second-order valence-electron chi connectivity index (χ2n) is 4.20. The van der Waals surface area contributed by atoms with Gasteiger partial charge in [0.25, 0.3) is 0 Å². The van der Waals surface area contributed by atoms with Gasteiger partial charge in [0.05, 0.1) is 0 Å². The van der Waals surface area contributed by atoms with E-state index in [-0.39, 0.29) is 6.04 Å². The van der Waals surface area contributed by atoms with E-state index in [2.05, 4.69) is 5.32 Å². The maximum absolute atomic E-state index is 11.1. The van der Waals surface area contributed by atoms with E-state index in [9.17, 15) is 9.13 Å². The number of hydrogen-bond donors (Lipinski definition) is 5. The van der Waals surface area contributed by atoms with Gasteiger partial charge in [-0.25, -0.2) is 0 Å². The summed E-state index contributed by atoms with van der Waals surface area (Å²) in [5.41, 5.74) is 0.859. The summed E-state index contributed by atoms with van der Waals surface area (Å²) in [7, 11) is -9.74. The van der Waals surface area contributed by atoms with Gasteiger partial charge in [0.15, 0.2) is 5.40 Å². The van der Waals surface area contributed by atoms with Gasteiger partial charge in [-0.15, -0.1) is 0 Å². The predicted octanol–water partition coefficient (Wildman–Crippen LogP) is 1.02. The Morgan fingerprint density at radius 2 is 1.53 bits per heavy atom. The van der Waals surface area contributed by atoms with Crippen LogP contribution in [0.3, 0.4) is 0 Å². The van der Waals surface area contributed by atoms with Crippen molar-refractivity contribution in [1.29, 1.82) is 0 Å². The first-order valence-electron chi connectivity index (χ1n) is 5.51. The molecule has 0 aliphatic heterocycles. The van der Waals surface area contributed by atoms with Gasteiger partial charge in [-0.05, 0) is 12.5 Å². The van der Waals surface area contributed by atoms with Gasteiger partial charge < -0.3 is 24.9 Å². The van der Waals surface area contributed by atoms with Crippen LogP contribution in [0.2, 0.25) is 0 Å². The molecule has 0 aliphatic carbocycles. The van der Waals surface area contributed by atoms with E-state index >= 15 is 0 Å². The van der Waals surface area contributed by atoms with E-state index in [4.69, 9.17) is 19.6 Å². The second-order valence-corrected chi connectivity index (χ2v) is 8.21. The quantitative estimate of drug-likeness (QED) is 0.496. The van der Waals surface area contributed by atoms with Crippen LogP contribution in [-0.4, -0.2) is 31.5 Å². The third-order valence-electron chi connectivity index (χ3n) is 2.68. The molecule has 0 aromatic heterocycles. The maximum Gasteiger partial charge on any atom is 0.342 e. The molecule has 1 atom stereocenters. The molecule has 0 saturated carbocycles. The van der Waals surface area contributed by atoms with Crippen LogP contribution < -0.4 is 5.32 Å². The van der Waals surface area contributed by atoms with E-state index in [0.717, 1.165) is 5.56 Å². The Bertz CT molecular complexity index is 474. The first-order chi connectivity index (χ1) is 8.62. The fourth-order valence-corrected chi connectivity index (χ4v) is 3.83. The van der Waals surface area contributed by atoms with Crippen LogP contribution in [-0.2, 0) is 9.13 Å². The first-order valence-corrected chi connectivity index (χ1v) is 8.87. The lowest BCUT2D eigenvalue weighted by atomic mass is 10.1. The molecular formula is C10H17NO6P2. The van der Waals surface area contributed by atoms with Crippen LogP contribution in [0.5, 0.6) is 0 Å². The van der Waals surface area contributed by atoms with Gasteiger partial charge in [-0.3, -0.25) is 9.13 Å². The van der Waals surface area contributed by atoms with Crippen molar-refractivity contribution in [1.82, 2.24) is 5.32 Å². The molecule has 7 nitrogen and oxygen atoms in total. The molecule has 1 rings (SSSR count). The molecule has 0 amide bonds. The van der Waals surface area contributed by atoms with Gasteiger partial charge >= 0.3 is 15.2 Å². The molecule has 0 fully saturated rings. The molecule has 0 saturated heterocycles. The second kappa shape index (κ2) is 6.29. The molecule has 1 aromatic rings. The Labute approximate surface area is 111 Å². The summed E-state index contributed by atoms with van der Waals surface area (Å²) >= 11 is 0. The largest absolute Gasteiger partial charge is 0.342 e. The van der Waals surface area contributed by atoms with Gasteiger partial charge in [0.2, 0.25) is 0 Å². The zero-order valence-electron chi connectivity index (χ0n) is 10.2. The summed E-state index contributed by atoms with van der Waals surface area (Å²) in [6, 6.07) is 8.77. The molecule has 0 spiro atoms. The topological polar surface area (TPSA) is 127 Å². The monoisotopic (exact) mass is 309 g/mol. The molecule has 5 N–H and O–H groups in total. The van der Waals surface area contributed by atoms with Crippen LogP contribution in [0, 0.1) is 0 Å². The number of nitrogens with one attached hydrogen (secondary N) is 1. The minimum atomic E-state index is -4.87.